The lowest BCUT2D eigenvalue weighted by molar-refractivity contribution is -0.126. The first-order valence-electron chi connectivity index (χ1n) is 7.95. The van der Waals surface area contributed by atoms with E-state index >= 15 is 0 Å². The molecule has 2 rings (SSSR count). The van der Waals surface area contributed by atoms with Crippen molar-refractivity contribution >= 4 is 23.7 Å². The number of phenolic OH excluding ortho intramolecular Hbond substituents is 1. The molecule has 0 aliphatic rings. The number of nitrogens with zero attached hydrogens (tertiary/aromatic N) is 1. The van der Waals surface area contributed by atoms with E-state index in [1.165, 1.54) is 13.3 Å². The number of hydrogen-bond acceptors (Lipinski definition) is 5. The molecule has 0 spiro atoms. The maximum Gasteiger partial charge on any atom is 0.249 e. The summed E-state index contributed by atoms with van der Waals surface area (Å²) in [6.45, 7) is 3.92. The van der Waals surface area contributed by atoms with Gasteiger partial charge in [-0.25, -0.2) is 5.43 Å². The lowest BCUT2D eigenvalue weighted by atomic mass is 10.1. The van der Waals surface area contributed by atoms with Crippen LogP contribution < -0.4 is 15.5 Å². The van der Waals surface area contributed by atoms with Crippen molar-refractivity contribution in [2.75, 3.05) is 12.4 Å². The molecule has 0 heterocycles. The van der Waals surface area contributed by atoms with Gasteiger partial charge in [0.2, 0.25) is 11.8 Å². The number of hydrazone groups is 1. The Morgan fingerprint density at radius 2 is 1.92 bits per heavy atom. The molecular weight excluding hydrogens is 334 g/mol. The molecule has 2 aromatic carbocycles. The number of anilines is 1. The minimum atomic E-state index is -0.565. The summed E-state index contributed by atoms with van der Waals surface area (Å²) >= 11 is 0. The number of nitrogens with one attached hydrogen (secondary N) is 2. The van der Waals surface area contributed by atoms with Crippen LogP contribution in [0.1, 0.15) is 23.1 Å². The van der Waals surface area contributed by atoms with Gasteiger partial charge in [-0.05, 0) is 49.2 Å². The van der Waals surface area contributed by atoms with Gasteiger partial charge in [-0.2, -0.15) is 5.10 Å². The summed E-state index contributed by atoms with van der Waals surface area (Å²) in [6.07, 6.45) is 0.908. The Hall–Kier alpha value is -3.35. The Labute approximate surface area is 151 Å². The number of rotatable bonds is 6. The molecule has 0 aromatic heterocycles. The smallest absolute Gasteiger partial charge is 0.249 e. The van der Waals surface area contributed by atoms with Crippen molar-refractivity contribution in [1.82, 2.24) is 5.43 Å². The molecule has 0 bridgehead atoms. The van der Waals surface area contributed by atoms with Crippen LogP contribution in [0.2, 0.25) is 0 Å². The van der Waals surface area contributed by atoms with E-state index in [2.05, 4.69) is 15.8 Å². The second kappa shape index (κ2) is 8.66. The zero-order valence-electron chi connectivity index (χ0n) is 14.9. The predicted octanol–water partition coefficient (Wildman–Crippen LogP) is 2.50. The lowest BCUT2D eigenvalue weighted by Gasteiger charge is -2.07. The molecule has 0 unspecified atom stereocenters. The van der Waals surface area contributed by atoms with Crippen LogP contribution in [0.4, 0.5) is 5.69 Å². The zero-order valence-corrected chi connectivity index (χ0v) is 14.9. The van der Waals surface area contributed by atoms with Gasteiger partial charge in [0, 0.05) is 11.3 Å². The Bertz CT molecular complexity index is 847. The maximum absolute atomic E-state index is 11.9. The molecule has 26 heavy (non-hydrogen) atoms. The van der Waals surface area contributed by atoms with Gasteiger partial charge >= 0.3 is 0 Å². The molecule has 2 amide bonds. The summed E-state index contributed by atoms with van der Waals surface area (Å²) in [5.74, 6) is -0.788. The third-order valence-electron chi connectivity index (χ3n) is 3.75. The molecule has 3 N–H and O–H groups in total. The summed E-state index contributed by atoms with van der Waals surface area (Å²) in [5.41, 5.74) is 5.44. The normalized spacial score (nSPS) is 10.6. The maximum atomic E-state index is 11.9. The Kier molecular flexibility index (Phi) is 6.32. The second-order valence-corrected chi connectivity index (χ2v) is 5.72. The minimum absolute atomic E-state index is 0.0829. The first-order valence-corrected chi connectivity index (χ1v) is 7.95. The number of amides is 2. The van der Waals surface area contributed by atoms with Gasteiger partial charge in [0.15, 0.2) is 11.5 Å². The molecule has 2 aromatic rings. The summed E-state index contributed by atoms with van der Waals surface area (Å²) in [4.78, 5) is 23.7. The SMILES string of the molecule is COc1cccc(/C=N/NC(=O)CC(=O)Nc2ccc(C)c(C)c2)c1O. The Morgan fingerprint density at radius 3 is 2.62 bits per heavy atom. The summed E-state index contributed by atoms with van der Waals surface area (Å²) in [7, 11) is 1.44. The van der Waals surface area contributed by atoms with Crippen molar-refractivity contribution in [2.24, 2.45) is 5.10 Å². The van der Waals surface area contributed by atoms with Crippen molar-refractivity contribution in [1.29, 1.82) is 0 Å². The number of hydrogen-bond donors (Lipinski definition) is 3. The minimum Gasteiger partial charge on any atom is -0.504 e. The van der Waals surface area contributed by atoms with E-state index < -0.39 is 11.8 Å². The number of aryl methyl sites for hydroxylation is 2. The highest BCUT2D eigenvalue weighted by Gasteiger charge is 2.10. The topological polar surface area (TPSA) is 100 Å². The van der Waals surface area contributed by atoms with Crippen LogP contribution >= 0.6 is 0 Å². The quantitative estimate of drug-likeness (QED) is 0.421. The zero-order chi connectivity index (χ0) is 19.1. The monoisotopic (exact) mass is 355 g/mol. The van der Waals surface area contributed by atoms with Crippen molar-refractivity contribution in [3.8, 4) is 11.5 Å². The second-order valence-electron chi connectivity index (χ2n) is 5.72. The molecule has 0 radical (unpaired) electrons. The van der Waals surface area contributed by atoms with E-state index in [4.69, 9.17) is 4.74 Å². The van der Waals surface area contributed by atoms with Gasteiger partial charge in [-0.15, -0.1) is 0 Å². The van der Waals surface area contributed by atoms with Gasteiger partial charge < -0.3 is 15.2 Å². The number of ether oxygens (including phenoxy) is 1. The highest BCUT2D eigenvalue weighted by Crippen LogP contribution is 2.27. The van der Waals surface area contributed by atoms with Crippen LogP contribution in [0, 0.1) is 13.8 Å². The van der Waals surface area contributed by atoms with E-state index in [9.17, 15) is 14.7 Å². The summed E-state index contributed by atoms with van der Waals surface area (Å²) in [6, 6.07) is 10.4. The fourth-order valence-corrected chi connectivity index (χ4v) is 2.19. The van der Waals surface area contributed by atoms with Gasteiger partial charge in [-0.1, -0.05) is 12.1 Å². The van der Waals surface area contributed by atoms with Gasteiger partial charge in [0.05, 0.1) is 13.3 Å². The third-order valence-corrected chi connectivity index (χ3v) is 3.75. The van der Waals surface area contributed by atoms with Crippen LogP contribution in [0.3, 0.4) is 0 Å². The number of carbonyl (C=O) groups excluding carboxylic acids is 2. The van der Waals surface area contributed by atoms with E-state index in [1.54, 1.807) is 24.3 Å². The first kappa shape index (κ1) is 19.0. The predicted molar refractivity (Wildman–Crippen MR) is 99.6 cm³/mol. The Balaban J connectivity index is 1.88. The van der Waals surface area contributed by atoms with Crippen LogP contribution in [-0.4, -0.2) is 30.2 Å². The van der Waals surface area contributed by atoms with Gasteiger partial charge in [0.1, 0.15) is 6.42 Å². The molecule has 136 valence electrons. The molecule has 7 heteroatoms. The average molecular weight is 355 g/mol. The van der Waals surface area contributed by atoms with E-state index in [1.807, 2.05) is 26.0 Å². The molecule has 0 aliphatic heterocycles. The molecule has 0 aliphatic carbocycles. The number of para-hydroxylation sites is 1. The Morgan fingerprint density at radius 1 is 1.15 bits per heavy atom. The van der Waals surface area contributed by atoms with Crippen LogP contribution in [0.15, 0.2) is 41.5 Å². The molecular formula is C19H21N3O4. The molecule has 7 nitrogen and oxygen atoms in total. The fraction of sp³-hybridized carbons (Fsp3) is 0.211. The molecule has 0 saturated heterocycles. The molecule has 0 saturated carbocycles. The number of methoxy groups -OCH3 is 1. The van der Waals surface area contributed by atoms with Crippen LogP contribution in [0.5, 0.6) is 11.5 Å². The summed E-state index contributed by atoms with van der Waals surface area (Å²) < 4.78 is 4.99. The third kappa shape index (κ3) is 5.07. The van der Waals surface area contributed by atoms with Gasteiger partial charge in [-0.3, -0.25) is 9.59 Å². The van der Waals surface area contributed by atoms with Gasteiger partial charge in [0.25, 0.3) is 0 Å². The van der Waals surface area contributed by atoms with Crippen molar-refractivity contribution in [3.05, 3.63) is 53.1 Å². The number of carbonyl (C=O) groups is 2. The fourth-order valence-electron chi connectivity index (χ4n) is 2.19. The average Bonchev–Trinajstić information content (AvgIpc) is 2.59. The van der Waals surface area contributed by atoms with Crippen molar-refractivity contribution < 1.29 is 19.4 Å². The van der Waals surface area contributed by atoms with E-state index in [-0.39, 0.29) is 12.2 Å². The highest BCUT2D eigenvalue weighted by molar-refractivity contribution is 6.03. The molecule has 0 fully saturated rings. The summed E-state index contributed by atoms with van der Waals surface area (Å²) in [5, 5.41) is 16.3. The van der Waals surface area contributed by atoms with Crippen molar-refractivity contribution in [3.63, 3.8) is 0 Å². The number of benzene rings is 2. The molecule has 0 atom stereocenters. The highest BCUT2D eigenvalue weighted by atomic mass is 16.5. The number of aromatic hydroxyl groups is 1. The van der Waals surface area contributed by atoms with E-state index in [0.29, 0.717) is 17.0 Å². The van der Waals surface area contributed by atoms with Crippen LogP contribution in [-0.2, 0) is 9.59 Å². The lowest BCUT2D eigenvalue weighted by Crippen LogP contribution is -2.24. The number of phenols is 1. The standard InChI is InChI=1S/C19H21N3O4/c1-12-7-8-15(9-13(12)2)21-17(23)10-18(24)22-20-11-14-5-4-6-16(26-3)19(14)25/h4-9,11,25H,10H2,1-3H3,(H,21,23)(H,22,24)/b20-11+. The first-order chi connectivity index (χ1) is 12.4. The van der Waals surface area contributed by atoms with Crippen LogP contribution in [0.25, 0.3) is 0 Å². The van der Waals surface area contributed by atoms with E-state index in [0.717, 1.165) is 11.1 Å². The van der Waals surface area contributed by atoms with Crippen molar-refractivity contribution in [2.45, 2.75) is 20.3 Å². The largest absolute Gasteiger partial charge is 0.504 e.